The lowest BCUT2D eigenvalue weighted by Crippen LogP contribution is -2.32. The Morgan fingerprint density at radius 2 is 1.73 bits per heavy atom. The van der Waals surface area contributed by atoms with E-state index in [4.69, 9.17) is 19.8 Å². The third kappa shape index (κ3) is 3.78. The number of hydrogen-bond acceptors (Lipinski definition) is 3. The van der Waals surface area contributed by atoms with Gasteiger partial charge in [-0.15, -0.1) is 0 Å². The molecule has 1 atom stereocenters. The summed E-state index contributed by atoms with van der Waals surface area (Å²) in [6, 6.07) is 8.55. The van der Waals surface area contributed by atoms with Crippen LogP contribution < -0.4 is 0 Å². The summed E-state index contributed by atoms with van der Waals surface area (Å²) >= 11 is 0. The molecule has 4 N–H and O–H groups in total. The van der Waals surface area contributed by atoms with Crippen molar-refractivity contribution in [2.24, 2.45) is 0 Å². The van der Waals surface area contributed by atoms with Gasteiger partial charge >= 0.3 is 14.7 Å². The van der Waals surface area contributed by atoms with E-state index in [-0.39, 0.29) is 6.42 Å². The Labute approximate surface area is 87.7 Å². The lowest BCUT2D eigenvalue weighted by atomic mass is 9.82. The van der Waals surface area contributed by atoms with Crippen molar-refractivity contribution in [3.05, 3.63) is 35.9 Å². The van der Waals surface area contributed by atoms with Crippen LogP contribution in [0.25, 0.3) is 0 Å². The average Bonchev–Trinajstić information content (AvgIpc) is 2.13. The Morgan fingerprint density at radius 1 is 1.20 bits per heavy atom. The van der Waals surface area contributed by atoms with Crippen LogP contribution in [0, 0.1) is 0 Å². The Morgan fingerprint density at radius 3 is 2.13 bits per heavy atom. The minimum Gasteiger partial charge on any atom is -0.426 e. The molecule has 15 heavy (non-hydrogen) atoms. The van der Waals surface area contributed by atoms with E-state index in [1.807, 2.05) is 0 Å². The minimum atomic E-state index is -4.50. The first-order valence-electron chi connectivity index (χ1n) is 4.36. The zero-order chi connectivity index (χ0) is 11.5. The van der Waals surface area contributed by atoms with Gasteiger partial charge in [0.05, 0.1) is 5.56 Å². The largest absolute Gasteiger partial charge is 0.467 e. The quantitative estimate of drug-likeness (QED) is 0.423. The second kappa shape index (κ2) is 4.92. The lowest BCUT2D eigenvalue weighted by molar-refractivity contribution is 0.346. The molecule has 1 rings (SSSR count). The van der Waals surface area contributed by atoms with Gasteiger partial charge in [0, 0.05) is 0 Å². The summed E-state index contributed by atoms with van der Waals surface area (Å²) in [5.41, 5.74) is -0.821. The van der Waals surface area contributed by atoms with Gasteiger partial charge in [-0.1, -0.05) is 30.3 Å². The molecule has 0 saturated carbocycles. The molecule has 0 aliphatic rings. The molecule has 1 aromatic carbocycles. The van der Waals surface area contributed by atoms with Gasteiger partial charge in [0.15, 0.2) is 0 Å². The Bertz CT molecular complexity index is 349. The Hall–Kier alpha value is -0.645. The molecule has 1 aromatic rings. The second-order valence-electron chi connectivity index (χ2n) is 3.26. The zero-order valence-electron chi connectivity index (χ0n) is 7.89. The molecule has 0 aliphatic carbocycles. The van der Waals surface area contributed by atoms with Crippen LogP contribution in [0.15, 0.2) is 30.3 Å². The fraction of sp³-hybridized carbons (Fsp3) is 0.250. The van der Waals surface area contributed by atoms with Crippen molar-refractivity contribution >= 4 is 14.7 Å². The highest BCUT2D eigenvalue weighted by Crippen LogP contribution is 2.43. The maximum Gasteiger partial charge on any atom is 0.467 e. The predicted molar refractivity (Wildman–Crippen MR) is 56.2 cm³/mol. The van der Waals surface area contributed by atoms with Gasteiger partial charge in [0.25, 0.3) is 0 Å². The summed E-state index contributed by atoms with van der Waals surface area (Å²) in [6.45, 7) is 0. The fourth-order valence-electron chi connectivity index (χ4n) is 1.25. The van der Waals surface area contributed by atoms with Crippen molar-refractivity contribution in [3.63, 3.8) is 0 Å². The summed E-state index contributed by atoms with van der Waals surface area (Å²) in [6.07, 6.45) is -0.0667. The molecule has 0 aromatic heterocycles. The topological polar surface area (TPSA) is 98.0 Å². The van der Waals surface area contributed by atoms with Crippen LogP contribution in [-0.2, 0) is 11.0 Å². The van der Waals surface area contributed by atoms with Crippen molar-refractivity contribution in [2.75, 3.05) is 0 Å². The maximum absolute atomic E-state index is 11.0. The zero-order valence-corrected chi connectivity index (χ0v) is 8.79. The molecule has 82 valence electrons. The molecule has 0 radical (unpaired) electrons. The van der Waals surface area contributed by atoms with Crippen molar-refractivity contribution < 1.29 is 24.4 Å². The molecule has 1 unspecified atom stereocenters. The molecule has 0 saturated heterocycles. The number of benzene rings is 1. The molecular weight excluding hydrogens is 218 g/mol. The van der Waals surface area contributed by atoms with Crippen LogP contribution in [0.5, 0.6) is 0 Å². The molecule has 0 amide bonds. The third-order valence-corrected chi connectivity index (χ3v) is 3.38. The van der Waals surface area contributed by atoms with E-state index in [2.05, 4.69) is 0 Å². The van der Waals surface area contributed by atoms with Gasteiger partial charge in [-0.05, 0) is 12.0 Å². The van der Waals surface area contributed by atoms with Crippen LogP contribution in [0.2, 0.25) is 0 Å². The first-order chi connectivity index (χ1) is 6.91. The van der Waals surface area contributed by atoms with Gasteiger partial charge in [-0.3, -0.25) is 4.57 Å². The minimum absolute atomic E-state index is 0.0667. The van der Waals surface area contributed by atoms with Crippen LogP contribution in [0.4, 0.5) is 0 Å². The summed E-state index contributed by atoms with van der Waals surface area (Å²) in [4.78, 5) is 17.8. The summed E-state index contributed by atoms with van der Waals surface area (Å²) in [5, 5.41) is 17.7. The fourth-order valence-corrected chi connectivity index (χ4v) is 2.05. The van der Waals surface area contributed by atoms with Gasteiger partial charge in [0.1, 0.15) is 0 Å². The standard InChI is InChI=1S/C8H12BO5P/c10-9(11)8(15(12,13)14)6-7-4-2-1-3-5-7/h1-5,8,10-11H,6H2,(H2,12,13,14). The number of hydrogen-bond donors (Lipinski definition) is 4. The summed E-state index contributed by atoms with van der Waals surface area (Å²) < 4.78 is 11.0. The molecule has 0 bridgehead atoms. The van der Waals surface area contributed by atoms with Gasteiger partial charge in [-0.2, -0.15) is 0 Å². The van der Waals surface area contributed by atoms with Crippen molar-refractivity contribution in [3.8, 4) is 0 Å². The van der Waals surface area contributed by atoms with Crippen molar-refractivity contribution in [1.82, 2.24) is 0 Å². The van der Waals surface area contributed by atoms with Crippen LogP contribution in [0.3, 0.4) is 0 Å². The Kier molecular flexibility index (Phi) is 4.08. The molecule has 0 spiro atoms. The Balaban J connectivity index is 2.82. The van der Waals surface area contributed by atoms with E-state index in [0.717, 1.165) is 0 Å². The highest BCUT2D eigenvalue weighted by atomic mass is 31.2. The molecule has 5 nitrogen and oxygen atoms in total. The first-order valence-corrected chi connectivity index (χ1v) is 6.04. The highest BCUT2D eigenvalue weighted by Gasteiger charge is 2.38. The van der Waals surface area contributed by atoms with E-state index in [9.17, 15) is 4.57 Å². The highest BCUT2D eigenvalue weighted by molar-refractivity contribution is 7.55. The first kappa shape index (κ1) is 12.4. The lowest BCUT2D eigenvalue weighted by Gasteiger charge is -2.17. The molecule has 0 aliphatic heterocycles. The summed E-state index contributed by atoms with van der Waals surface area (Å²) in [5.74, 6) is 0. The van der Waals surface area contributed by atoms with Gasteiger partial charge in [-0.25, -0.2) is 0 Å². The van der Waals surface area contributed by atoms with Crippen molar-refractivity contribution in [2.45, 2.75) is 12.0 Å². The second-order valence-corrected chi connectivity index (χ2v) is 5.10. The molecule has 0 heterocycles. The SMILES string of the molecule is O=P(O)(O)C(Cc1ccccc1)B(O)O. The van der Waals surface area contributed by atoms with Crippen LogP contribution in [0.1, 0.15) is 5.56 Å². The normalized spacial score (nSPS) is 13.6. The number of rotatable bonds is 4. The van der Waals surface area contributed by atoms with Gasteiger partial charge in [0.2, 0.25) is 0 Å². The third-order valence-electron chi connectivity index (χ3n) is 2.06. The predicted octanol–water partition coefficient (Wildman–Crippen LogP) is -0.213. The molecule has 0 fully saturated rings. The van der Waals surface area contributed by atoms with E-state index in [0.29, 0.717) is 5.56 Å². The molecular formula is C8H12BO5P. The van der Waals surface area contributed by atoms with Gasteiger partial charge < -0.3 is 19.8 Å². The smallest absolute Gasteiger partial charge is 0.426 e. The average molecular weight is 230 g/mol. The van der Waals surface area contributed by atoms with E-state index < -0.39 is 20.3 Å². The van der Waals surface area contributed by atoms with E-state index in [1.54, 1.807) is 30.3 Å². The van der Waals surface area contributed by atoms with Crippen molar-refractivity contribution in [1.29, 1.82) is 0 Å². The molecule has 7 heteroatoms. The van der Waals surface area contributed by atoms with E-state index >= 15 is 0 Å². The van der Waals surface area contributed by atoms with Crippen LogP contribution >= 0.6 is 7.60 Å². The summed E-state index contributed by atoms with van der Waals surface area (Å²) in [7, 11) is -6.52. The monoisotopic (exact) mass is 230 g/mol. The van der Waals surface area contributed by atoms with Crippen LogP contribution in [-0.4, -0.2) is 32.5 Å². The van der Waals surface area contributed by atoms with E-state index in [1.165, 1.54) is 0 Å². The maximum atomic E-state index is 11.0.